The van der Waals surface area contributed by atoms with Crippen LogP contribution in [0.5, 0.6) is 5.75 Å². The molecule has 268 valence electrons. The van der Waals surface area contributed by atoms with Crippen LogP contribution in [0.15, 0.2) is 59.7 Å². The van der Waals surface area contributed by atoms with Gasteiger partial charge in [-0.15, -0.1) is 0 Å². The zero-order valence-electron chi connectivity index (χ0n) is 28.7. The first-order valence-electron chi connectivity index (χ1n) is 16.9. The van der Waals surface area contributed by atoms with Gasteiger partial charge in [0, 0.05) is 44.2 Å². The van der Waals surface area contributed by atoms with E-state index in [0.29, 0.717) is 22.8 Å². The number of anilines is 1. The van der Waals surface area contributed by atoms with Gasteiger partial charge in [-0.25, -0.2) is 9.18 Å². The van der Waals surface area contributed by atoms with Crippen molar-refractivity contribution in [1.29, 1.82) is 0 Å². The van der Waals surface area contributed by atoms with Gasteiger partial charge in [0.15, 0.2) is 5.82 Å². The average molecular weight is 717 g/mol. The van der Waals surface area contributed by atoms with Crippen LogP contribution >= 0.6 is 12.1 Å². The molecule has 13 nitrogen and oxygen atoms in total. The number of fused-ring (bicyclic) bond motifs is 2. The van der Waals surface area contributed by atoms with Gasteiger partial charge in [0.2, 0.25) is 5.91 Å². The van der Waals surface area contributed by atoms with Crippen LogP contribution in [0.3, 0.4) is 0 Å². The van der Waals surface area contributed by atoms with Crippen LogP contribution in [0, 0.1) is 5.82 Å². The lowest BCUT2D eigenvalue weighted by atomic mass is 9.90. The van der Waals surface area contributed by atoms with Gasteiger partial charge in [-0.05, 0) is 86.0 Å². The first-order chi connectivity index (χ1) is 24.6. The Bertz CT molecular complexity index is 2160. The van der Waals surface area contributed by atoms with Crippen molar-refractivity contribution in [3.05, 3.63) is 76.7 Å². The Kier molecular flexibility index (Phi) is 10.8. The number of nitrogens with one attached hydrogen (secondary N) is 3. The fraction of sp³-hybridized carbons (Fsp3) is 0.361. The van der Waals surface area contributed by atoms with E-state index in [0.717, 1.165) is 66.4 Å². The molecule has 4 N–H and O–H groups in total. The van der Waals surface area contributed by atoms with Gasteiger partial charge in [-0.1, -0.05) is 18.2 Å². The Hall–Kier alpha value is -5.15. The summed E-state index contributed by atoms with van der Waals surface area (Å²) in [5.41, 5.74) is 3.82. The molecule has 2 atom stereocenters. The maximum absolute atomic E-state index is 15.5. The first kappa shape index (κ1) is 35.7. The van der Waals surface area contributed by atoms with E-state index in [1.165, 1.54) is 22.0 Å². The highest BCUT2D eigenvalue weighted by Gasteiger charge is 2.28. The molecular weight excluding hydrogens is 676 g/mol. The Balaban J connectivity index is 1.18. The standard InChI is InChI=1S/C36H41FN8O5S/c1-38-13-12-22(24-9-11-28-30(17-24)42(3)36(50)45(28)29(7-5-15-46)35(49)39-2)6-4-14-43-20-26(19-40-43)23-8-10-27-25(16-23)18-31(47)34(33(27)37)44-21-32(48)41-51-44/h8-11,15-20,22,29,38,47H,4-7,12-14,21H2,1-3H3,(H,39,49)(H,41,48). The van der Waals surface area contributed by atoms with Gasteiger partial charge in [-0.2, -0.15) is 5.10 Å². The number of aryl methyl sites for hydroxylation is 2. The smallest absolute Gasteiger partial charge is 0.329 e. The monoisotopic (exact) mass is 716 g/mol. The average Bonchev–Trinajstić information content (AvgIpc) is 3.84. The lowest BCUT2D eigenvalue weighted by Gasteiger charge is -2.19. The van der Waals surface area contributed by atoms with E-state index in [2.05, 4.69) is 20.5 Å². The van der Waals surface area contributed by atoms with Gasteiger partial charge >= 0.3 is 5.69 Å². The second kappa shape index (κ2) is 15.4. The number of imidazole rings is 1. The number of rotatable bonds is 15. The molecular formula is C36H41FN8O5S. The number of hydrogen-bond acceptors (Lipinski definition) is 9. The molecule has 0 radical (unpaired) electrons. The molecule has 1 fully saturated rings. The highest BCUT2D eigenvalue weighted by molar-refractivity contribution is 7.99. The van der Waals surface area contributed by atoms with Gasteiger partial charge < -0.3 is 20.5 Å². The Morgan fingerprint density at radius 1 is 1.10 bits per heavy atom. The van der Waals surface area contributed by atoms with Crippen molar-refractivity contribution in [3.63, 3.8) is 0 Å². The number of phenols is 1. The lowest BCUT2D eigenvalue weighted by Crippen LogP contribution is -2.36. The topological polar surface area (TPSA) is 156 Å². The fourth-order valence-corrected chi connectivity index (χ4v) is 7.54. The number of halogens is 1. The largest absolute Gasteiger partial charge is 0.506 e. The summed E-state index contributed by atoms with van der Waals surface area (Å²) in [7, 11) is 5.14. The summed E-state index contributed by atoms with van der Waals surface area (Å²) in [6.07, 6.45) is 7.45. The van der Waals surface area contributed by atoms with Crippen molar-refractivity contribution in [2.45, 2.75) is 50.6 Å². The molecule has 3 heterocycles. The summed E-state index contributed by atoms with van der Waals surface area (Å²) in [5.74, 6) is -1.22. The van der Waals surface area contributed by atoms with Gasteiger partial charge in [0.05, 0.1) is 29.4 Å². The number of hydrogen-bond donors (Lipinski definition) is 4. The van der Waals surface area contributed by atoms with Crippen LogP contribution in [0.2, 0.25) is 0 Å². The SMILES string of the molecule is CNCCC(CCCn1cc(-c2ccc3c(F)c(N4CC(=O)NS4)c(O)cc3c2)cn1)c1ccc2c(c1)n(C)c(=O)n2C(CCC=O)C(=O)NC. The molecule has 1 aliphatic heterocycles. The van der Waals surface area contributed by atoms with E-state index in [-0.39, 0.29) is 54.2 Å². The van der Waals surface area contributed by atoms with Crippen molar-refractivity contribution < 1.29 is 23.9 Å². The Labute approximate surface area is 298 Å². The number of aromatic nitrogens is 4. The minimum absolute atomic E-state index is 0.0254. The van der Waals surface area contributed by atoms with E-state index in [9.17, 15) is 24.3 Å². The van der Waals surface area contributed by atoms with Crippen molar-refractivity contribution in [2.75, 3.05) is 31.5 Å². The first-order valence-corrected chi connectivity index (χ1v) is 17.6. The minimum Gasteiger partial charge on any atom is -0.506 e. The number of likely N-dealkylation sites (N-methyl/N-ethyl adjacent to an activating group) is 1. The highest BCUT2D eigenvalue weighted by Crippen LogP contribution is 2.40. The molecule has 2 amide bonds. The van der Waals surface area contributed by atoms with Crippen molar-refractivity contribution in [3.8, 4) is 16.9 Å². The number of carbonyl (C=O) groups excluding carboxylic acids is 3. The second-order valence-electron chi connectivity index (χ2n) is 12.7. The molecule has 2 unspecified atom stereocenters. The molecule has 5 aromatic rings. The fourth-order valence-electron chi connectivity index (χ4n) is 6.82. The molecule has 0 aliphatic carbocycles. The summed E-state index contributed by atoms with van der Waals surface area (Å²) in [6, 6.07) is 12.0. The maximum atomic E-state index is 15.5. The molecule has 51 heavy (non-hydrogen) atoms. The third kappa shape index (κ3) is 7.21. The number of phenolic OH excluding ortho intramolecular Hbond substituents is 1. The predicted molar refractivity (Wildman–Crippen MR) is 196 cm³/mol. The van der Waals surface area contributed by atoms with Crippen molar-refractivity contribution in [2.24, 2.45) is 7.05 Å². The Morgan fingerprint density at radius 2 is 1.92 bits per heavy atom. The summed E-state index contributed by atoms with van der Waals surface area (Å²) in [6.45, 7) is 1.43. The summed E-state index contributed by atoms with van der Waals surface area (Å²) >= 11 is 0.946. The van der Waals surface area contributed by atoms with E-state index >= 15 is 4.39 Å². The molecule has 6 rings (SSSR count). The van der Waals surface area contributed by atoms with Crippen molar-refractivity contribution in [1.82, 2.24) is 34.3 Å². The number of aldehydes is 1. The normalized spacial score (nSPS) is 14.3. The second-order valence-corrected chi connectivity index (χ2v) is 13.5. The number of amides is 2. The third-order valence-corrected chi connectivity index (χ3v) is 10.3. The lowest BCUT2D eigenvalue weighted by molar-refractivity contribution is -0.124. The maximum Gasteiger partial charge on any atom is 0.329 e. The molecule has 1 saturated heterocycles. The third-order valence-electron chi connectivity index (χ3n) is 9.49. The quantitative estimate of drug-likeness (QED) is 0.0925. The van der Waals surface area contributed by atoms with Crippen LogP contribution in [0.25, 0.3) is 32.9 Å². The Morgan fingerprint density at radius 3 is 2.65 bits per heavy atom. The molecule has 1 aliphatic rings. The van der Waals surface area contributed by atoms with Crippen molar-refractivity contribution >= 4 is 57.7 Å². The number of carbonyl (C=O) groups is 3. The van der Waals surface area contributed by atoms with Gasteiger partial charge in [0.25, 0.3) is 5.91 Å². The highest BCUT2D eigenvalue weighted by atomic mass is 32.2. The van der Waals surface area contributed by atoms with Crippen LogP contribution in [-0.2, 0) is 28.0 Å². The molecule has 0 saturated carbocycles. The van der Waals surface area contributed by atoms with Crippen LogP contribution in [0.4, 0.5) is 10.1 Å². The molecule has 0 bridgehead atoms. The number of aromatic hydroxyl groups is 1. The summed E-state index contributed by atoms with van der Waals surface area (Å²) in [5, 5.41) is 22.0. The molecule has 3 aromatic carbocycles. The predicted octanol–water partition coefficient (Wildman–Crippen LogP) is 4.14. The van der Waals surface area contributed by atoms with Crippen LogP contribution in [0.1, 0.15) is 49.6 Å². The van der Waals surface area contributed by atoms with E-state index < -0.39 is 11.9 Å². The summed E-state index contributed by atoms with van der Waals surface area (Å²) in [4.78, 5) is 48.8. The van der Waals surface area contributed by atoms with Gasteiger partial charge in [0.1, 0.15) is 30.3 Å². The van der Waals surface area contributed by atoms with Crippen LogP contribution in [-0.4, -0.2) is 69.3 Å². The van der Waals surface area contributed by atoms with E-state index in [1.807, 2.05) is 48.3 Å². The van der Waals surface area contributed by atoms with Crippen LogP contribution < -0.4 is 25.4 Å². The molecule has 15 heteroatoms. The molecule has 0 spiro atoms. The van der Waals surface area contributed by atoms with E-state index in [4.69, 9.17) is 0 Å². The number of nitrogens with zero attached hydrogens (tertiary/aromatic N) is 5. The zero-order chi connectivity index (χ0) is 36.2. The minimum atomic E-state index is -0.790. The van der Waals surface area contributed by atoms with E-state index in [1.54, 1.807) is 23.9 Å². The molecule has 2 aromatic heterocycles. The number of benzene rings is 3. The van der Waals surface area contributed by atoms with Gasteiger partial charge in [-0.3, -0.25) is 32.4 Å². The summed E-state index contributed by atoms with van der Waals surface area (Å²) < 4.78 is 24.3. The zero-order valence-corrected chi connectivity index (χ0v) is 29.5.